The second-order valence-electron chi connectivity index (χ2n) is 13.0. The Morgan fingerprint density at radius 2 is 0.769 bits per heavy atom. The van der Waals surface area contributed by atoms with Gasteiger partial charge < -0.3 is 18.8 Å². The average molecular weight is 668 g/mol. The van der Waals surface area contributed by atoms with Crippen molar-refractivity contribution >= 4 is 77.9 Å². The number of aromatic nitrogens is 1. The highest BCUT2D eigenvalue weighted by molar-refractivity contribution is 6.11. The molecular weight excluding hydrogens is 635 g/mol. The highest BCUT2D eigenvalue weighted by Crippen LogP contribution is 2.42. The normalized spacial score (nSPS) is 11.5. The third-order valence-corrected chi connectivity index (χ3v) is 9.94. The summed E-state index contributed by atoms with van der Waals surface area (Å²) in [6, 6.07) is 70.8. The number of furan rings is 1. The van der Waals surface area contributed by atoms with Gasteiger partial charge in [0, 0.05) is 67.4 Å². The van der Waals surface area contributed by atoms with Gasteiger partial charge in [0.1, 0.15) is 11.2 Å². The number of para-hydroxylation sites is 5. The molecular formula is C48H33N3O. The van der Waals surface area contributed by atoms with E-state index in [1.807, 2.05) is 12.1 Å². The van der Waals surface area contributed by atoms with E-state index in [0.717, 1.165) is 61.8 Å². The van der Waals surface area contributed by atoms with Crippen molar-refractivity contribution < 1.29 is 4.42 Å². The van der Waals surface area contributed by atoms with Gasteiger partial charge in [-0.3, -0.25) is 0 Å². The molecule has 0 saturated carbocycles. The first kappa shape index (κ1) is 29.8. The summed E-state index contributed by atoms with van der Waals surface area (Å²) in [5.41, 5.74) is 11.7. The number of hydrogen-bond donors (Lipinski definition) is 0. The van der Waals surface area contributed by atoms with Crippen molar-refractivity contribution in [3.05, 3.63) is 200 Å². The molecule has 0 atom stereocenters. The zero-order valence-corrected chi connectivity index (χ0v) is 28.3. The lowest BCUT2D eigenvalue weighted by molar-refractivity contribution is 0.669. The molecule has 52 heavy (non-hydrogen) atoms. The van der Waals surface area contributed by atoms with Gasteiger partial charge in [0.2, 0.25) is 0 Å². The molecule has 2 aromatic heterocycles. The fraction of sp³-hybridized carbons (Fsp3) is 0. The number of fused-ring (bicyclic) bond motifs is 6. The molecule has 10 rings (SSSR count). The summed E-state index contributed by atoms with van der Waals surface area (Å²) in [5, 5.41) is 4.69. The van der Waals surface area contributed by atoms with E-state index < -0.39 is 0 Å². The lowest BCUT2D eigenvalue weighted by atomic mass is 10.1. The highest BCUT2D eigenvalue weighted by atomic mass is 16.3. The SMILES string of the molecule is c1ccc(N(c2ccc(N(c3ccccc3)c3ccc4c(c3)c3ccccc3n4-c3ccccc3)cc2)c2ccc3c(c2)oc2ccccc23)cc1. The molecule has 0 radical (unpaired) electrons. The first-order valence-electron chi connectivity index (χ1n) is 17.6. The predicted octanol–water partition coefficient (Wildman–Crippen LogP) is 13.6. The van der Waals surface area contributed by atoms with Crippen LogP contribution < -0.4 is 9.80 Å². The Kier molecular flexibility index (Phi) is 7.10. The van der Waals surface area contributed by atoms with Crippen LogP contribution in [0, 0.1) is 0 Å². The number of hydrogen-bond acceptors (Lipinski definition) is 3. The van der Waals surface area contributed by atoms with Gasteiger partial charge in [-0.15, -0.1) is 0 Å². The van der Waals surface area contributed by atoms with Crippen molar-refractivity contribution in [2.75, 3.05) is 9.80 Å². The molecule has 2 heterocycles. The maximum Gasteiger partial charge on any atom is 0.137 e. The maximum atomic E-state index is 6.31. The maximum absolute atomic E-state index is 6.31. The summed E-state index contributed by atoms with van der Waals surface area (Å²) in [7, 11) is 0. The van der Waals surface area contributed by atoms with Gasteiger partial charge >= 0.3 is 0 Å². The summed E-state index contributed by atoms with van der Waals surface area (Å²) in [5.74, 6) is 0. The fourth-order valence-electron chi connectivity index (χ4n) is 7.61. The molecule has 0 N–H and O–H groups in total. The Morgan fingerprint density at radius 3 is 1.44 bits per heavy atom. The van der Waals surface area contributed by atoms with Crippen LogP contribution in [0.4, 0.5) is 34.1 Å². The average Bonchev–Trinajstić information content (AvgIpc) is 3.75. The number of nitrogens with zero attached hydrogens (tertiary/aromatic N) is 3. The van der Waals surface area contributed by atoms with Crippen LogP contribution in [0.2, 0.25) is 0 Å². The van der Waals surface area contributed by atoms with Crippen LogP contribution in [0.15, 0.2) is 205 Å². The predicted molar refractivity (Wildman–Crippen MR) is 217 cm³/mol. The molecule has 0 amide bonds. The van der Waals surface area contributed by atoms with Crippen LogP contribution in [0.3, 0.4) is 0 Å². The smallest absolute Gasteiger partial charge is 0.137 e. The van der Waals surface area contributed by atoms with E-state index in [9.17, 15) is 0 Å². The molecule has 10 aromatic rings. The highest BCUT2D eigenvalue weighted by Gasteiger charge is 2.19. The minimum Gasteiger partial charge on any atom is -0.456 e. The monoisotopic (exact) mass is 667 g/mol. The van der Waals surface area contributed by atoms with Crippen LogP contribution in [-0.4, -0.2) is 4.57 Å². The van der Waals surface area contributed by atoms with Crippen molar-refractivity contribution in [1.29, 1.82) is 0 Å². The second-order valence-corrected chi connectivity index (χ2v) is 13.0. The Balaban J connectivity index is 1.10. The molecule has 246 valence electrons. The first-order valence-corrected chi connectivity index (χ1v) is 17.6. The van der Waals surface area contributed by atoms with E-state index in [-0.39, 0.29) is 0 Å². The summed E-state index contributed by atoms with van der Waals surface area (Å²) in [4.78, 5) is 4.62. The molecule has 4 heteroatoms. The van der Waals surface area contributed by atoms with Crippen molar-refractivity contribution in [3.63, 3.8) is 0 Å². The molecule has 0 aliphatic carbocycles. The quantitative estimate of drug-likeness (QED) is 0.169. The van der Waals surface area contributed by atoms with Crippen molar-refractivity contribution in [2.45, 2.75) is 0 Å². The Morgan fingerprint density at radius 1 is 0.308 bits per heavy atom. The van der Waals surface area contributed by atoms with Crippen LogP contribution in [0.25, 0.3) is 49.4 Å². The zero-order chi connectivity index (χ0) is 34.4. The molecule has 0 aliphatic heterocycles. The Bertz CT molecular complexity index is 2840. The summed E-state index contributed by atoms with van der Waals surface area (Å²) in [6.07, 6.45) is 0. The van der Waals surface area contributed by atoms with Gasteiger partial charge in [0.05, 0.1) is 11.0 Å². The molecule has 0 bridgehead atoms. The lowest BCUT2D eigenvalue weighted by Gasteiger charge is -2.28. The summed E-state index contributed by atoms with van der Waals surface area (Å²) < 4.78 is 8.67. The second kappa shape index (κ2) is 12.4. The van der Waals surface area contributed by atoms with Gasteiger partial charge in [-0.25, -0.2) is 0 Å². The van der Waals surface area contributed by atoms with E-state index in [0.29, 0.717) is 0 Å². The van der Waals surface area contributed by atoms with Crippen molar-refractivity contribution in [3.8, 4) is 5.69 Å². The fourth-order valence-corrected chi connectivity index (χ4v) is 7.61. The van der Waals surface area contributed by atoms with Gasteiger partial charge in [-0.2, -0.15) is 0 Å². The minimum atomic E-state index is 0.871. The largest absolute Gasteiger partial charge is 0.456 e. The van der Waals surface area contributed by atoms with Crippen LogP contribution in [0.5, 0.6) is 0 Å². The van der Waals surface area contributed by atoms with Gasteiger partial charge in [0.15, 0.2) is 0 Å². The van der Waals surface area contributed by atoms with E-state index in [2.05, 4.69) is 202 Å². The van der Waals surface area contributed by atoms with Crippen LogP contribution in [0.1, 0.15) is 0 Å². The Labute approximate surface area is 301 Å². The number of rotatable bonds is 7. The van der Waals surface area contributed by atoms with Gasteiger partial charge in [-0.1, -0.05) is 91.0 Å². The molecule has 0 saturated heterocycles. The summed E-state index contributed by atoms with van der Waals surface area (Å²) in [6.45, 7) is 0. The van der Waals surface area contributed by atoms with E-state index >= 15 is 0 Å². The van der Waals surface area contributed by atoms with Crippen LogP contribution >= 0.6 is 0 Å². The Hall–Kier alpha value is -7.04. The number of anilines is 6. The molecule has 0 fully saturated rings. The van der Waals surface area contributed by atoms with Gasteiger partial charge in [0.25, 0.3) is 0 Å². The molecule has 0 aliphatic rings. The van der Waals surface area contributed by atoms with Crippen molar-refractivity contribution in [2.24, 2.45) is 0 Å². The molecule has 4 nitrogen and oxygen atoms in total. The summed E-state index contributed by atoms with van der Waals surface area (Å²) >= 11 is 0. The van der Waals surface area contributed by atoms with Crippen LogP contribution in [-0.2, 0) is 0 Å². The third kappa shape index (κ3) is 5.00. The first-order chi connectivity index (χ1) is 25.8. The zero-order valence-electron chi connectivity index (χ0n) is 28.3. The standard InChI is InChI=1S/C48H33N3O/c1-4-14-34(15-5-1)49(39-29-31-46-44(32-39)41-20-10-12-22-45(41)51(46)36-18-8-3-9-19-36)37-24-26-38(27-25-37)50(35-16-6-2-7-17-35)40-28-30-43-42-21-11-13-23-47(42)52-48(43)33-40/h1-33H. The lowest BCUT2D eigenvalue weighted by Crippen LogP contribution is -2.12. The van der Waals surface area contributed by atoms with E-state index in [1.54, 1.807) is 0 Å². The van der Waals surface area contributed by atoms with E-state index in [4.69, 9.17) is 4.42 Å². The molecule has 0 unspecified atom stereocenters. The minimum absolute atomic E-state index is 0.871. The molecule has 0 spiro atoms. The number of benzene rings is 8. The molecule has 8 aromatic carbocycles. The third-order valence-electron chi connectivity index (χ3n) is 9.94. The topological polar surface area (TPSA) is 24.6 Å². The van der Waals surface area contributed by atoms with Crippen molar-refractivity contribution in [1.82, 2.24) is 4.57 Å². The van der Waals surface area contributed by atoms with Gasteiger partial charge in [-0.05, 0) is 103 Å². The van der Waals surface area contributed by atoms with E-state index in [1.165, 1.54) is 21.8 Å².